The molecule has 6 heteroatoms. The molecule has 0 aliphatic rings. The van der Waals surface area contributed by atoms with Crippen LogP contribution >= 0.6 is 12.2 Å². The van der Waals surface area contributed by atoms with Crippen molar-refractivity contribution in [2.24, 2.45) is 5.73 Å². The predicted molar refractivity (Wildman–Crippen MR) is 73.8 cm³/mol. The summed E-state index contributed by atoms with van der Waals surface area (Å²) in [4.78, 5) is 8.87. The summed E-state index contributed by atoms with van der Waals surface area (Å²) in [6, 6.07) is 3.70. The molecule has 0 aliphatic heterocycles. The first-order valence-electron chi connectivity index (χ1n) is 5.86. The van der Waals surface area contributed by atoms with Crippen LogP contribution in [-0.4, -0.2) is 24.7 Å². The lowest BCUT2D eigenvalue weighted by molar-refractivity contribution is 0.789. The summed E-state index contributed by atoms with van der Waals surface area (Å²) in [5, 5.41) is 4.46. The Morgan fingerprint density at radius 3 is 2.78 bits per heavy atom. The zero-order chi connectivity index (χ0) is 13.1. The number of pyridine rings is 1. The lowest BCUT2D eigenvalue weighted by Crippen LogP contribution is -2.12. The number of thiocarbonyl (C=S) groups is 1. The summed E-state index contributed by atoms with van der Waals surface area (Å²) in [6.45, 7) is 4.09. The van der Waals surface area contributed by atoms with E-state index in [1.165, 1.54) is 0 Å². The molecule has 0 fully saturated rings. The standard InChI is InChI=1S/C12H15N5S/c1-3-10-15-11(4-2)17(16-10)8-5-6-14-9(7-8)12(13)18/h5-7H,3-4H2,1-2H3,(H2,13,18). The van der Waals surface area contributed by atoms with Gasteiger partial charge in [-0.05, 0) is 12.1 Å². The van der Waals surface area contributed by atoms with E-state index in [4.69, 9.17) is 18.0 Å². The molecule has 0 saturated carbocycles. The molecule has 18 heavy (non-hydrogen) atoms. The highest BCUT2D eigenvalue weighted by atomic mass is 32.1. The van der Waals surface area contributed by atoms with Gasteiger partial charge in [-0.1, -0.05) is 26.1 Å². The summed E-state index contributed by atoms with van der Waals surface area (Å²) in [5.74, 6) is 1.76. The van der Waals surface area contributed by atoms with Gasteiger partial charge in [0.25, 0.3) is 0 Å². The number of aryl methyl sites for hydroxylation is 2. The topological polar surface area (TPSA) is 69.6 Å². The number of hydrogen-bond donors (Lipinski definition) is 1. The molecule has 2 heterocycles. The van der Waals surface area contributed by atoms with Gasteiger partial charge in [0.15, 0.2) is 5.82 Å². The summed E-state index contributed by atoms with van der Waals surface area (Å²) in [5.41, 5.74) is 7.07. The molecule has 2 N–H and O–H groups in total. The van der Waals surface area contributed by atoms with Crippen LogP contribution in [0.5, 0.6) is 0 Å². The van der Waals surface area contributed by atoms with Crippen molar-refractivity contribution in [1.29, 1.82) is 0 Å². The Balaban J connectivity index is 2.50. The monoisotopic (exact) mass is 261 g/mol. The average molecular weight is 261 g/mol. The first-order valence-corrected chi connectivity index (χ1v) is 6.27. The molecule has 0 saturated heterocycles. The lowest BCUT2D eigenvalue weighted by atomic mass is 10.3. The number of nitrogens with zero attached hydrogens (tertiary/aromatic N) is 4. The van der Waals surface area contributed by atoms with Gasteiger partial charge in [-0.3, -0.25) is 4.98 Å². The molecule has 0 aliphatic carbocycles. The summed E-state index contributed by atoms with van der Waals surface area (Å²) >= 11 is 4.93. The minimum Gasteiger partial charge on any atom is -0.388 e. The van der Waals surface area contributed by atoms with Crippen LogP contribution in [0.3, 0.4) is 0 Å². The zero-order valence-corrected chi connectivity index (χ0v) is 11.2. The number of hydrogen-bond acceptors (Lipinski definition) is 4. The Hall–Kier alpha value is -1.82. The van der Waals surface area contributed by atoms with Gasteiger partial charge in [0.05, 0.1) is 11.4 Å². The van der Waals surface area contributed by atoms with Gasteiger partial charge in [-0.2, -0.15) is 5.10 Å². The molecule has 5 nitrogen and oxygen atoms in total. The second-order valence-electron chi connectivity index (χ2n) is 3.83. The van der Waals surface area contributed by atoms with E-state index in [9.17, 15) is 0 Å². The van der Waals surface area contributed by atoms with E-state index >= 15 is 0 Å². The maximum atomic E-state index is 5.59. The normalized spacial score (nSPS) is 10.6. The van der Waals surface area contributed by atoms with E-state index in [1.54, 1.807) is 6.20 Å². The number of rotatable bonds is 4. The first kappa shape index (κ1) is 12.6. The molecule has 94 valence electrons. The van der Waals surface area contributed by atoms with Gasteiger partial charge in [-0.15, -0.1) is 0 Å². The highest BCUT2D eigenvalue weighted by Crippen LogP contribution is 2.11. The maximum absolute atomic E-state index is 5.59. The van der Waals surface area contributed by atoms with Gasteiger partial charge in [0.1, 0.15) is 10.8 Å². The van der Waals surface area contributed by atoms with Crippen molar-refractivity contribution in [2.45, 2.75) is 26.7 Å². The Morgan fingerprint density at radius 2 is 2.17 bits per heavy atom. The average Bonchev–Trinajstić information content (AvgIpc) is 2.82. The van der Waals surface area contributed by atoms with Crippen LogP contribution < -0.4 is 5.73 Å². The van der Waals surface area contributed by atoms with Crippen LogP contribution in [0.4, 0.5) is 0 Å². The SMILES string of the molecule is CCc1nc(CC)n(-c2ccnc(C(N)=S)c2)n1. The third-order valence-electron chi connectivity index (χ3n) is 2.59. The summed E-state index contributed by atoms with van der Waals surface area (Å²) in [7, 11) is 0. The number of aromatic nitrogens is 4. The van der Waals surface area contributed by atoms with Crippen LogP contribution in [0.15, 0.2) is 18.3 Å². The molecular formula is C12H15N5S. The van der Waals surface area contributed by atoms with Crippen molar-refractivity contribution in [3.8, 4) is 5.69 Å². The van der Waals surface area contributed by atoms with Crippen LogP contribution in [-0.2, 0) is 12.8 Å². The quantitative estimate of drug-likeness (QED) is 0.843. The molecule has 0 atom stereocenters. The van der Waals surface area contributed by atoms with Crippen molar-refractivity contribution in [3.63, 3.8) is 0 Å². The highest BCUT2D eigenvalue weighted by molar-refractivity contribution is 7.80. The Morgan fingerprint density at radius 1 is 1.39 bits per heavy atom. The van der Waals surface area contributed by atoms with E-state index in [2.05, 4.69) is 22.0 Å². The van der Waals surface area contributed by atoms with E-state index in [0.717, 1.165) is 30.2 Å². The molecule has 0 bridgehead atoms. The fourth-order valence-electron chi connectivity index (χ4n) is 1.66. The first-order chi connectivity index (χ1) is 8.65. The second-order valence-corrected chi connectivity index (χ2v) is 4.27. The second kappa shape index (κ2) is 5.22. The van der Waals surface area contributed by atoms with Crippen molar-refractivity contribution in [1.82, 2.24) is 19.7 Å². The Bertz CT molecular complexity index is 576. The molecule has 2 aromatic rings. The maximum Gasteiger partial charge on any atom is 0.151 e. The van der Waals surface area contributed by atoms with Gasteiger partial charge < -0.3 is 5.73 Å². The smallest absolute Gasteiger partial charge is 0.151 e. The summed E-state index contributed by atoms with van der Waals surface area (Å²) in [6.07, 6.45) is 3.31. The van der Waals surface area contributed by atoms with E-state index < -0.39 is 0 Å². The fourth-order valence-corrected chi connectivity index (χ4v) is 1.77. The van der Waals surface area contributed by atoms with Gasteiger partial charge >= 0.3 is 0 Å². The fraction of sp³-hybridized carbons (Fsp3) is 0.333. The third-order valence-corrected chi connectivity index (χ3v) is 2.80. The zero-order valence-electron chi connectivity index (χ0n) is 10.4. The minimum atomic E-state index is 0.283. The lowest BCUT2D eigenvalue weighted by Gasteiger charge is -2.05. The van der Waals surface area contributed by atoms with Gasteiger partial charge in [0, 0.05) is 19.0 Å². The molecule has 2 rings (SSSR count). The van der Waals surface area contributed by atoms with Crippen LogP contribution in [0.2, 0.25) is 0 Å². The molecule has 0 amide bonds. The highest BCUT2D eigenvalue weighted by Gasteiger charge is 2.10. The molecule has 0 unspecified atom stereocenters. The molecule has 0 radical (unpaired) electrons. The minimum absolute atomic E-state index is 0.283. The van der Waals surface area contributed by atoms with Crippen molar-refractivity contribution in [3.05, 3.63) is 35.7 Å². The van der Waals surface area contributed by atoms with Crippen LogP contribution in [0.25, 0.3) is 5.69 Å². The van der Waals surface area contributed by atoms with Crippen LogP contribution in [0.1, 0.15) is 31.2 Å². The Kier molecular flexibility index (Phi) is 3.66. The van der Waals surface area contributed by atoms with E-state index in [1.807, 2.05) is 23.7 Å². The Labute approximate surface area is 111 Å². The predicted octanol–water partition coefficient (Wildman–Crippen LogP) is 1.42. The van der Waals surface area contributed by atoms with Gasteiger partial charge in [0.2, 0.25) is 0 Å². The van der Waals surface area contributed by atoms with Gasteiger partial charge in [-0.25, -0.2) is 9.67 Å². The molecule has 2 aromatic heterocycles. The third kappa shape index (κ3) is 2.38. The molecule has 0 aromatic carbocycles. The largest absolute Gasteiger partial charge is 0.388 e. The summed E-state index contributed by atoms with van der Waals surface area (Å²) < 4.78 is 1.82. The number of nitrogens with two attached hydrogens (primary N) is 1. The van der Waals surface area contributed by atoms with E-state index in [0.29, 0.717) is 5.69 Å². The molecule has 0 spiro atoms. The van der Waals surface area contributed by atoms with E-state index in [-0.39, 0.29) is 4.99 Å². The van der Waals surface area contributed by atoms with Crippen LogP contribution in [0, 0.1) is 0 Å². The molecular weight excluding hydrogens is 246 g/mol. The van der Waals surface area contributed by atoms with Crippen molar-refractivity contribution in [2.75, 3.05) is 0 Å². The van der Waals surface area contributed by atoms with Crippen molar-refractivity contribution >= 4 is 17.2 Å². The van der Waals surface area contributed by atoms with Crippen molar-refractivity contribution < 1.29 is 0 Å².